The van der Waals surface area contributed by atoms with Crippen molar-refractivity contribution < 1.29 is 14.7 Å². The number of benzene rings is 1. The van der Waals surface area contributed by atoms with Gasteiger partial charge in [0, 0.05) is 16.1 Å². The van der Waals surface area contributed by atoms with Gasteiger partial charge in [0.1, 0.15) is 0 Å². The van der Waals surface area contributed by atoms with Crippen LogP contribution >= 0.6 is 11.6 Å². The Morgan fingerprint density at radius 3 is 2.71 bits per heavy atom. The van der Waals surface area contributed by atoms with Crippen LogP contribution in [0.4, 0.5) is 0 Å². The maximum atomic E-state index is 9.71. The molecular formula is C9H12ClNO3. The third-order valence-electron chi connectivity index (χ3n) is 1.96. The first-order valence-electron chi connectivity index (χ1n) is 3.98. The molecule has 0 spiro atoms. The SMILES string of the molecule is COc1c(C)c(Cl)cc(CON)c1O. The van der Waals surface area contributed by atoms with Crippen molar-refractivity contribution in [2.24, 2.45) is 5.90 Å². The molecule has 1 aromatic rings. The number of phenolic OH excluding ortho intramolecular Hbond substituents is 1. The maximum absolute atomic E-state index is 9.71. The second-order valence-electron chi connectivity index (χ2n) is 2.84. The summed E-state index contributed by atoms with van der Waals surface area (Å²) in [6.07, 6.45) is 0. The number of aromatic hydroxyl groups is 1. The standard InChI is InChI=1S/C9H12ClNO3/c1-5-7(10)3-6(4-14-11)8(12)9(5)13-2/h3,12H,4,11H2,1-2H3. The zero-order valence-electron chi connectivity index (χ0n) is 8.00. The minimum Gasteiger partial charge on any atom is -0.504 e. The van der Waals surface area contributed by atoms with Crippen LogP contribution in [0, 0.1) is 6.92 Å². The molecule has 4 nitrogen and oxygen atoms in total. The smallest absolute Gasteiger partial charge is 0.165 e. The van der Waals surface area contributed by atoms with Gasteiger partial charge in [-0.25, -0.2) is 5.90 Å². The fourth-order valence-electron chi connectivity index (χ4n) is 1.21. The van der Waals surface area contributed by atoms with Crippen LogP contribution in [0.25, 0.3) is 0 Å². The van der Waals surface area contributed by atoms with Crippen LogP contribution in [0.1, 0.15) is 11.1 Å². The van der Waals surface area contributed by atoms with Gasteiger partial charge in [-0.3, -0.25) is 4.84 Å². The summed E-state index contributed by atoms with van der Waals surface area (Å²) < 4.78 is 5.01. The molecule has 3 N–H and O–H groups in total. The lowest BCUT2D eigenvalue weighted by Crippen LogP contribution is -2.01. The topological polar surface area (TPSA) is 64.7 Å². The summed E-state index contributed by atoms with van der Waals surface area (Å²) >= 11 is 5.92. The van der Waals surface area contributed by atoms with Gasteiger partial charge in [-0.2, -0.15) is 0 Å². The molecule has 1 rings (SSSR count). The Bertz CT molecular complexity index is 341. The van der Waals surface area contributed by atoms with Crippen LogP contribution in [-0.2, 0) is 11.4 Å². The van der Waals surface area contributed by atoms with E-state index in [4.69, 9.17) is 22.2 Å². The molecular weight excluding hydrogens is 206 g/mol. The van der Waals surface area contributed by atoms with Crippen LogP contribution in [0.5, 0.6) is 11.5 Å². The minimum atomic E-state index is 0.0138. The van der Waals surface area contributed by atoms with Crippen molar-refractivity contribution in [3.8, 4) is 11.5 Å². The molecule has 0 aliphatic heterocycles. The number of phenols is 1. The van der Waals surface area contributed by atoms with Crippen LogP contribution < -0.4 is 10.6 Å². The van der Waals surface area contributed by atoms with E-state index in [1.165, 1.54) is 7.11 Å². The molecule has 0 heterocycles. The van der Waals surface area contributed by atoms with Crippen molar-refractivity contribution in [3.05, 3.63) is 22.2 Å². The van der Waals surface area contributed by atoms with Gasteiger partial charge in [-0.1, -0.05) is 11.6 Å². The van der Waals surface area contributed by atoms with E-state index in [1.54, 1.807) is 13.0 Å². The maximum Gasteiger partial charge on any atom is 0.165 e. The van der Waals surface area contributed by atoms with Gasteiger partial charge in [0.05, 0.1) is 13.7 Å². The molecule has 0 fully saturated rings. The van der Waals surface area contributed by atoms with Crippen molar-refractivity contribution in [1.82, 2.24) is 0 Å². The lowest BCUT2D eigenvalue weighted by molar-refractivity contribution is 0.122. The van der Waals surface area contributed by atoms with Gasteiger partial charge in [-0.05, 0) is 13.0 Å². The molecule has 1 aromatic carbocycles. The zero-order valence-corrected chi connectivity index (χ0v) is 8.76. The van der Waals surface area contributed by atoms with Gasteiger partial charge in [0.25, 0.3) is 0 Å². The van der Waals surface area contributed by atoms with E-state index in [-0.39, 0.29) is 12.4 Å². The van der Waals surface area contributed by atoms with E-state index >= 15 is 0 Å². The van der Waals surface area contributed by atoms with Crippen LogP contribution in [-0.4, -0.2) is 12.2 Å². The van der Waals surface area contributed by atoms with Crippen LogP contribution in [0.3, 0.4) is 0 Å². The van der Waals surface area contributed by atoms with Crippen molar-refractivity contribution in [1.29, 1.82) is 0 Å². The summed E-state index contributed by atoms with van der Waals surface area (Å²) in [6, 6.07) is 1.60. The van der Waals surface area contributed by atoms with E-state index in [9.17, 15) is 5.11 Å². The molecule has 0 aromatic heterocycles. The molecule has 14 heavy (non-hydrogen) atoms. The summed E-state index contributed by atoms with van der Waals surface area (Å²) in [5.41, 5.74) is 1.19. The molecule has 78 valence electrons. The Kier molecular flexibility index (Phi) is 3.57. The fraction of sp³-hybridized carbons (Fsp3) is 0.333. The molecule has 0 saturated heterocycles. The van der Waals surface area contributed by atoms with Gasteiger partial charge < -0.3 is 9.84 Å². The molecule has 5 heteroatoms. The quantitative estimate of drug-likeness (QED) is 0.758. The molecule has 0 radical (unpaired) electrons. The number of rotatable bonds is 3. The van der Waals surface area contributed by atoms with Gasteiger partial charge in [0.15, 0.2) is 11.5 Å². The highest BCUT2D eigenvalue weighted by Crippen LogP contribution is 2.37. The van der Waals surface area contributed by atoms with Crippen molar-refractivity contribution >= 4 is 11.6 Å². The largest absolute Gasteiger partial charge is 0.504 e. The first-order chi connectivity index (χ1) is 6.61. The predicted octanol–water partition coefficient (Wildman–Crippen LogP) is 1.75. The van der Waals surface area contributed by atoms with Gasteiger partial charge in [-0.15, -0.1) is 0 Å². The Balaban J connectivity index is 3.27. The lowest BCUT2D eigenvalue weighted by atomic mass is 10.1. The summed E-state index contributed by atoms with van der Waals surface area (Å²) in [5, 5.41) is 10.2. The number of hydrogen-bond acceptors (Lipinski definition) is 4. The Labute approximate surface area is 87.1 Å². The molecule has 0 atom stereocenters. The minimum absolute atomic E-state index is 0.0138. The molecule has 0 saturated carbocycles. The summed E-state index contributed by atoms with van der Waals surface area (Å²) in [4.78, 5) is 4.43. The number of hydrogen-bond donors (Lipinski definition) is 2. The van der Waals surface area contributed by atoms with E-state index in [0.717, 1.165) is 0 Å². The van der Waals surface area contributed by atoms with Crippen molar-refractivity contribution in [3.63, 3.8) is 0 Å². The Hall–Kier alpha value is -0.970. The molecule has 0 aliphatic carbocycles. The van der Waals surface area contributed by atoms with E-state index in [1.807, 2.05) is 0 Å². The average Bonchev–Trinajstić information content (AvgIpc) is 2.16. The molecule has 0 unspecified atom stereocenters. The highest BCUT2D eigenvalue weighted by Gasteiger charge is 2.14. The summed E-state index contributed by atoms with van der Waals surface area (Å²) in [7, 11) is 1.46. The second-order valence-corrected chi connectivity index (χ2v) is 3.24. The first kappa shape index (κ1) is 11.1. The highest BCUT2D eigenvalue weighted by atomic mass is 35.5. The van der Waals surface area contributed by atoms with E-state index < -0.39 is 0 Å². The normalized spacial score (nSPS) is 10.3. The lowest BCUT2D eigenvalue weighted by Gasteiger charge is -2.12. The van der Waals surface area contributed by atoms with E-state index in [0.29, 0.717) is 21.9 Å². The third-order valence-corrected chi connectivity index (χ3v) is 2.35. The van der Waals surface area contributed by atoms with Crippen molar-refractivity contribution in [2.45, 2.75) is 13.5 Å². The Morgan fingerprint density at radius 2 is 2.21 bits per heavy atom. The highest BCUT2D eigenvalue weighted by molar-refractivity contribution is 6.31. The Morgan fingerprint density at radius 1 is 1.57 bits per heavy atom. The number of nitrogens with two attached hydrogens (primary N) is 1. The molecule has 0 bridgehead atoms. The molecule has 0 aliphatic rings. The van der Waals surface area contributed by atoms with Gasteiger partial charge in [0.2, 0.25) is 0 Å². The molecule has 0 amide bonds. The number of halogens is 1. The van der Waals surface area contributed by atoms with Crippen LogP contribution in [0.2, 0.25) is 5.02 Å². The average molecular weight is 218 g/mol. The zero-order chi connectivity index (χ0) is 10.7. The van der Waals surface area contributed by atoms with E-state index in [2.05, 4.69) is 4.84 Å². The van der Waals surface area contributed by atoms with Gasteiger partial charge >= 0.3 is 0 Å². The number of methoxy groups -OCH3 is 1. The van der Waals surface area contributed by atoms with Crippen LogP contribution in [0.15, 0.2) is 6.07 Å². The first-order valence-corrected chi connectivity index (χ1v) is 4.36. The third kappa shape index (κ3) is 1.92. The number of ether oxygens (including phenoxy) is 1. The summed E-state index contributed by atoms with van der Waals surface area (Å²) in [6.45, 7) is 1.84. The fourth-order valence-corrected chi connectivity index (χ4v) is 1.43. The summed E-state index contributed by atoms with van der Waals surface area (Å²) in [5.74, 6) is 5.28. The predicted molar refractivity (Wildman–Crippen MR) is 53.4 cm³/mol. The second kappa shape index (κ2) is 4.50. The van der Waals surface area contributed by atoms with Crippen molar-refractivity contribution in [2.75, 3.05) is 7.11 Å². The monoisotopic (exact) mass is 217 g/mol.